The molecule has 0 aromatic rings. The summed E-state index contributed by atoms with van der Waals surface area (Å²) < 4.78 is 5.50. The molecule has 0 radical (unpaired) electrons. The normalized spacial score (nSPS) is 12.6. The summed E-state index contributed by atoms with van der Waals surface area (Å²) >= 11 is 0. The van der Waals surface area contributed by atoms with Crippen molar-refractivity contribution in [3.8, 4) is 0 Å². The van der Waals surface area contributed by atoms with Crippen LogP contribution in [0.15, 0.2) is 24.3 Å². The number of nitrogens with one attached hydrogen (secondary N) is 1. The van der Waals surface area contributed by atoms with Gasteiger partial charge >= 0.3 is 5.97 Å². The summed E-state index contributed by atoms with van der Waals surface area (Å²) in [4.78, 5) is 24.6. The van der Waals surface area contributed by atoms with E-state index in [1.807, 2.05) is 0 Å². The third kappa shape index (κ3) is 65.5. The molecule has 0 bridgehead atoms. The largest absolute Gasteiger partial charge is 0.466 e. The van der Waals surface area contributed by atoms with Crippen LogP contribution >= 0.6 is 0 Å². The number of aliphatic hydroxyl groups is 2. The SMILES string of the molecule is CCCCCCCCC/C=C\CCCCCCCC(=O)OCCCCCCCCCCCCCC/C=C\CCCCCCCCCCCCCCCCC(=O)NC(CO)C(O)CCCCCCCCCCCCCCCCCCC. The van der Waals surface area contributed by atoms with Gasteiger partial charge in [0.2, 0.25) is 5.91 Å². The first-order chi connectivity index (χ1) is 39.5. The number of aliphatic hydroxyl groups excluding tert-OH is 2. The first kappa shape index (κ1) is 78.3. The second-order valence-electron chi connectivity index (χ2n) is 25.3. The Bertz CT molecular complexity index is 1250. The number of allylic oxidation sites excluding steroid dienone is 4. The number of amides is 1. The Balaban J connectivity index is 3.36. The number of unbranched alkanes of at least 4 members (excludes halogenated alkanes) is 54. The highest BCUT2D eigenvalue weighted by atomic mass is 16.5. The van der Waals surface area contributed by atoms with Crippen molar-refractivity contribution in [2.45, 2.75) is 424 Å². The van der Waals surface area contributed by atoms with Crippen LogP contribution in [0.4, 0.5) is 0 Å². The van der Waals surface area contributed by atoms with Gasteiger partial charge in [-0.05, 0) is 77.0 Å². The molecule has 0 saturated heterocycles. The van der Waals surface area contributed by atoms with E-state index in [2.05, 4.69) is 43.5 Å². The molecular formula is C74H143NO5. The highest BCUT2D eigenvalue weighted by Crippen LogP contribution is 2.19. The molecular weight excluding hydrogens is 983 g/mol. The molecule has 0 saturated carbocycles. The van der Waals surface area contributed by atoms with Crippen molar-refractivity contribution in [1.82, 2.24) is 5.32 Å². The van der Waals surface area contributed by atoms with Gasteiger partial charge in [0.1, 0.15) is 0 Å². The maximum absolute atomic E-state index is 12.5. The summed E-state index contributed by atoms with van der Waals surface area (Å²) in [6, 6.07) is -0.540. The van der Waals surface area contributed by atoms with Crippen molar-refractivity contribution < 1.29 is 24.5 Å². The van der Waals surface area contributed by atoms with E-state index < -0.39 is 12.1 Å². The monoisotopic (exact) mass is 1130 g/mol. The van der Waals surface area contributed by atoms with Crippen LogP contribution in [0, 0.1) is 0 Å². The Morgan fingerprint density at radius 2 is 0.588 bits per heavy atom. The Hall–Kier alpha value is -1.66. The molecule has 0 heterocycles. The molecule has 6 nitrogen and oxygen atoms in total. The maximum atomic E-state index is 12.5. The van der Waals surface area contributed by atoms with Gasteiger partial charge in [-0.3, -0.25) is 9.59 Å². The molecule has 0 aromatic carbocycles. The number of hydrogen-bond donors (Lipinski definition) is 3. The number of hydrogen-bond acceptors (Lipinski definition) is 5. The Kier molecular flexibility index (Phi) is 68.4. The van der Waals surface area contributed by atoms with Gasteiger partial charge in [0.05, 0.1) is 25.4 Å². The molecule has 0 aliphatic heterocycles. The van der Waals surface area contributed by atoms with Gasteiger partial charge in [0.25, 0.3) is 0 Å². The molecule has 474 valence electrons. The molecule has 6 heteroatoms. The Morgan fingerprint density at radius 3 is 0.887 bits per heavy atom. The summed E-state index contributed by atoms with van der Waals surface area (Å²) in [6.07, 6.45) is 88.1. The second kappa shape index (κ2) is 69.8. The molecule has 0 aliphatic rings. The van der Waals surface area contributed by atoms with Crippen molar-refractivity contribution >= 4 is 11.9 Å². The third-order valence-electron chi connectivity index (χ3n) is 17.2. The lowest BCUT2D eigenvalue weighted by Gasteiger charge is -2.22. The van der Waals surface area contributed by atoms with Crippen LogP contribution in [0.25, 0.3) is 0 Å². The predicted octanol–water partition coefficient (Wildman–Crippen LogP) is 23.7. The third-order valence-corrected chi connectivity index (χ3v) is 17.2. The molecule has 2 atom stereocenters. The average molecular weight is 1130 g/mol. The average Bonchev–Trinajstić information content (AvgIpc) is 3.46. The van der Waals surface area contributed by atoms with Crippen LogP contribution in [-0.4, -0.2) is 47.4 Å². The lowest BCUT2D eigenvalue weighted by molar-refractivity contribution is -0.143. The summed E-state index contributed by atoms with van der Waals surface area (Å²) in [5.74, 6) is -0.0193. The Morgan fingerprint density at radius 1 is 0.338 bits per heavy atom. The minimum Gasteiger partial charge on any atom is -0.466 e. The van der Waals surface area contributed by atoms with Gasteiger partial charge in [-0.25, -0.2) is 0 Å². The van der Waals surface area contributed by atoms with E-state index in [0.717, 1.165) is 44.9 Å². The number of esters is 1. The van der Waals surface area contributed by atoms with Gasteiger partial charge in [-0.2, -0.15) is 0 Å². The van der Waals surface area contributed by atoms with Crippen LogP contribution in [0.5, 0.6) is 0 Å². The van der Waals surface area contributed by atoms with Gasteiger partial charge in [0, 0.05) is 12.8 Å². The number of rotatable bonds is 69. The fraction of sp³-hybridized carbons (Fsp3) is 0.919. The van der Waals surface area contributed by atoms with E-state index in [1.165, 1.54) is 334 Å². The number of carbonyl (C=O) groups excluding carboxylic acids is 2. The zero-order chi connectivity index (χ0) is 57.8. The minimum atomic E-state index is -0.663. The molecule has 0 aliphatic carbocycles. The number of ether oxygens (including phenoxy) is 1. The molecule has 2 unspecified atom stereocenters. The first-order valence-corrected chi connectivity index (χ1v) is 36.6. The molecule has 0 spiro atoms. The fourth-order valence-corrected chi connectivity index (χ4v) is 11.6. The quantitative estimate of drug-likeness (QED) is 0.0320. The van der Waals surface area contributed by atoms with E-state index in [0.29, 0.717) is 25.9 Å². The Labute approximate surface area is 501 Å². The van der Waals surface area contributed by atoms with E-state index in [-0.39, 0.29) is 18.5 Å². The second-order valence-corrected chi connectivity index (χ2v) is 25.3. The highest BCUT2D eigenvalue weighted by molar-refractivity contribution is 5.76. The topological polar surface area (TPSA) is 95.9 Å². The van der Waals surface area contributed by atoms with Crippen LogP contribution in [0.3, 0.4) is 0 Å². The number of carbonyl (C=O) groups is 2. The van der Waals surface area contributed by atoms with E-state index in [4.69, 9.17) is 4.74 Å². The van der Waals surface area contributed by atoms with Gasteiger partial charge in [-0.15, -0.1) is 0 Å². The lowest BCUT2D eigenvalue weighted by atomic mass is 10.0. The standard InChI is InChI=1S/C74H143NO5/c1-3-5-7-9-11-13-15-17-19-35-38-42-46-50-54-58-62-66-72(77)71(70-76)75-73(78)67-63-59-55-51-47-43-39-36-33-31-29-27-25-23-21-22-24-26-28-30-32-34-37-41-45-49-53-57-61-65-69-80-74(79)68-64-60-56-52-48-44-40-20-18-16-14-12-10-8-6-4-2/h20,22,24,40,71-72,76-77H,3-19,21,23,25-39,41-70H2,1-2H3,(H,75,78)/b24-22-,40-20-. The predicted molar refractivity (Wildman–Crippen MR) is 352 cm³/mol. The summed E-state index contributed by atoms with van der Waals surface area (Å²) in [7, 11) is 0. The molecule has 0 fully saturated rings. The zero-order valence-electron chi connectivity index (χ0n) is 54.3. The summed E-state index contributed by atoms with van der Waals surface area (Å²) in [5.41, 5.74) is 0. The molecule has 0 aromatic heterocycles. The first-order valence-electron chi connectivity index (χ1n) is 36.6. The van der Waals surface area contributed by atoms with E-state index in [9.17, 15) is 19.8 Å². The van der Waals surface area contributed by atoms with Crippen LogP contribution in [0.1, 0.15) is 412 Å². The van der Waals surface area contributed by atoms with Crippen LogP contribution in [0.2, 0.25) is 0 Å². The molecule has 3 N–H and O–H groups in total. The van der Waals surface area contributed by atoms with Crippen molar-refractivity contribution in [1.29, 1.82) is 0 Å². The zero-order valence-corrected chi connectivity index (χ0v) is 54.3. The minimum absolute atomic E-state index is 0.0105. The van der Waals surface area contributed by atoms with Crippen LogP contribution < -0.4 is 5.32 Å². The van der Waals surface area contributed by atoms with Crippen molar-refractivity contribution in [2.75, 3.05) is 13.2 Å². The van der Waals surface area contributed by atoms with Crippen molar-refractivity contribution in [3.63, 3.8) is 0 Å². The van der Waals surface area contributed by atoms with Crippen molar-refractivity contribution in [2.24, 2.45) is 0 Å². The van der Waals surface area contributed by atoms with Gasteiger partial charge in [0.15, 0.2) is 0 Å². The summed E-state index contributed by atoms with van der Waals surface area (Å²) in [5, 5.41) is 23.4. The van der Waals surface area contributed by atoms with E-state index >= 15 is 0 Å². The maximum Gasteiger partial charge on any atom is 0.305 e. The smallest absolute Gasteiger partial charge is 0.305 e. The van der Waals surface area contributed by atoms with Gasteiger partial charge in [-0.1, -0.05) is 346 Å². The lowest BCUT2D eigenvalue weighted by Crippen LogP contribution is -2.45. The van der Waals surface area contributed by atoms with Gasteiger partial charge < -0.3 is 20.3 Å². The highest BCUT2D eigenvalue weighted by Gasteiger charge is 2.20. The molecule has 1 amide bonds. The van der Waals surface area contributed by atoms with Crippen LogP contribution in [-0.2, 0) is 14.3 Å². The molecule has 0 rings (SSSR count). The molecule has 80 heavy (non-hydrogen) atoms. The van der Waals surface area contributed by atoms with E-state index in [1.54, 1.807) is 0 Å². The van der Waals surface area contributed by atoms with Crippen molar-refractivity contribution in [3.05, 3.63) is 24.3 Å². The fourth-order valence-electron chi connectivity index (χ4n) is 11.6. The summed E-state index contributed by atoms with van der Waals surface area (Å²) in [6.45, 7) is 4.99.